The number of halogens is 3. The first-order chi connectivity index (χ1) is 7.45. The molecule has 0 unspecified atom stereocenters. The van der Waals surface area contributed by atoms with Crippen LogP contribution >= 0.6 is 0 Å². The minimum absolute atomic E-state index is 0.853. The predicted molar refractivity (Wildman–Crippen MR) is 56.5 cm³/mol. The van der Waals surface area contributed by atoms with Crippen molar-refractivity contribution in [3.05, 3.63) is 0 Å². The van der Waals surface area contributed by atoms with E-state index in [1.165, 1.54) is 0 Å². The summed E-state index contributed by atoms with van der Waals surface area (Å²) < 4.78 is 59.5. The summed E-state index contributed by atoms with van der Waals surface area (Å²) in [6.45, 7) is 1.09. The van der Waals surface area contributed by atoms with Gasteiger partial charge in [0.25, 0.3) is 0 Å². The van der Waals surface area contributed by atoms with Gasteiger partial charge in [-0.2, -0.15) is 21.6 Å². The molecule has 0 aliphatic heterocycles. The third-order valence-electron chi connectivity index (χ3n) is 1.14. The van der Waals surface area contributed by atoms with Crippen LogP contribution in [0.1, 0.15) is 0 Å². The summed E-state index contributed by atoms with van der Waals surface area (Å²) in [5.74, 6) is -1.86. The van der Waals surface area contributed by atoms with Crippen molar-refractivity contribution in [1.82, 2.24) is 10.5 Å². The van der Waals surface area contributed by atoms with Crippen molar-refractivity contribution in [3.63, 3.8) is 0 Å². The zero-order valence-electron chi connectivity index (χ0n) is 8.74. The summed E-state index contributed by atoms with van der Waals surface area (Å²) in [6.07, 6.45) is 0. The first kappa shape index (κ1) is 15.8. The Labute approximate surface area is 96.1 Å². The van der Waals surface area contributed by atoms with Crippen molar-refractivity contribution >= 4 is 36.7 Å². The Balaban J connectivity index is 5.24. The van der Waals surface area contributed by atoms with Gasteiger partial charge >= 0.3 is 22.6 Å². The van der Waals surface area contributed by atoms with Crippen molar-refractivity contribution in [2.45, 2.75) is 12.3 Å². The predicted octanol–water partition coefficient (Wildman–Crippen LogP) is -1.77. The molecule has 0 bridgehead atoms. The molecule has 13 heteroatoms. The minimum Gasteiger partial charge on any atom is -0.433 e. The van der Waals surface area contributed by atoms with E-state index in [-0.39, 0.29) is 0 Å². The average molecular weight is 273 g/mol. The van der Waals surface area contributed by atoms with Crippen LogP contribution in [0.2, 0.25) is 6.82 Å². The van der Waals surface area contributed by atoms with E-state index in [0.717, 1.165) is 14.7 Å². The number of hydrogen-bond acceptors (Lipinski definition) is 4. The molecule has 0 aromatic heterocycles. The highest BCUT2D eigenvalue weighted by molar-refractivity contribution is 7.91. The molecule has 0 aromatic carbocycles. The maximum Gasteiger partial charge on any atom is 0.518 e. The highest BCUT2D eigenvalue weighted by Crippen LogP contribution is 2.24. The average Bonchev–Trinajstić information content (AvgIpc) is 1.96. The standard InChI is InChI=1S/C4H8B2F3N3O4S/c1-6(14)11-3(10-2(5)13)12-17(15,16)4(7,8)9/h14H,5H2,1H3,(H2,10,11,12,13). The third-order valence-corrected chi connectivity index (χ3v) is 2.15. The number of nitrogens with zero attached hydrogens (tertiary/aromatic N) is 1. The number of carbonyl (C=O) groups is 1. The minimum atomic E-state index is -5.79. The van der Waals surface area contributed by atoms with Crippen molar-refractivity contribution in [1.29, 1.82) is 0 Å². The second-order valence-electron chi connectivity index (χ2n) is 2.86. The first-order valence-corrected chi connectivity index (χ1v) is 5.53. The molecule has 7 nitrogen and oxygen atoms in total. The van der Waals surface area contributed by atoms with E-state index < -0.39 is 34.3 Å². The van der Waals surface area contributed by atoms with Gasteiger partial charge in [-0.15, -0.1) is 4.40 Å². The van der Waals surface area contributed by atoms with Crippen LogP contribution in [0.5, 0.6) is 0 Å². The van der Waals surface area contributed by atoms with E-state index in [9.17, 15) is 26.4 Å². The molecule has 0 rings (SSSR count). The first-order valence-electron chi connectivity index (χ1n) is 4.09. The molecule has 0 saturated heterocycles. The fourth-order valence-corrected chi connectivity index (χ4v) is 1.06. The number of hydrogen-bond donors (Lipinski definition) is 3. The Morgan fingerprint density at radius 3 is 2.24 bits per heavy atom. The Hall–Kier alpha value is -1.23. The zero-order valence-corrected chi connectivity index (χ0v) is 9.56. The molecule has 0 atom stereocenters. The van der Waals surface area contributed by atoms with Crippen molar-refractivity contribution in [2.75, 3.05) is 0 Å². The molecule has 0 heterocycles. The second-order valence-corrected chi connectivity index (χ2v) is 4.46. The van der Waals surface area contributed by atoms with Crippen LogP contribution in [0.15, 0.2) is 4.40 Å². The van der Waals surface area contributed by atoms with Gasteiger partial charge in [0.15, 0.2) is 5.81 Å². The number of alkyl halides is 3. The van der Waals surface area contributed by atoms with Gasteiger partial charge in [0, 0.05) is 0 Å². The lowest BCUT2D eigenvalue weighted by atomic mass is 9.89. The van der Waals surface area contributed by atoms with Gasteiger partial charge in [0.2, 0.25) is 13.8 Å². The van der Waals surface area contributed by atoms with Gasteiger partial charge in [-0.1, -0.05) is 0 Å². The Kier molecular flexibility index (Phi) is 5.01. The zero-order chi connectivity index (χ0) is 13.9. The summed E-state index contributed by atoms with van der Waals surface area (Å²) in [5, 5.41) is 12.4. The van der Waals surface area contributed by atoms with Crippen molar-refractivity contribution < 1.29 is 31.4 Å². The molecule has 1 amide bonds. The smallest absolute Gasteiger partial charge is 0.433 e. The normalized spacial score (nSPS) is 13.1. The molecule has 17 heavy (non-hydrogen) atoms. The molecular weight excluding hydrogens is 265 g/mol. The van der Waals surface area contributed by atoms with Crippen LogP contribution in [0.25, 0.3) is 0 Å². The Morgan fingerprint density at radius 1 is 1.47 bits per heavy atom. The molecule has 0 aromatic rings. The van der Waals surface area contributed by atoms with E-state index in [4.69, 9.17) is 5.02 Å². The topological polar surface area (TPSA) is 108 Å². The van der Waals surface area contributed by atoms with Crippen LogP contribution < -0.4 is 10.5 Å². The van der Waals surface area contributed by atoms with Gasteiger partial charge in [-0.3, -0.25) is 4.79 Å². The molecule has 0 aliphatic rings. The van der Waals surface area contributed by atoms with Crippen molar-refractivity contribution in [3.8, 4) is 0 Å². The highest BCUT2D eigenvalue weighted by atomic mass is 32.2. The summed E-state index contributed by atoms with van der Waals surface area (Å²) in [7, 11) is -6.26. The van der Waals surface area contributed by atoms with E-state index in [1.807, 2.05) is 5.23 Å². The number of guanidine groups is 1. The summed E-state index contributed by atoms with van der Waals surface area (Å²) in [5.41, 5.74) is -5.59. The second kappa shape index (κ2) is 5.40. The highest BCUT2D eigenvalue weighted by Gasteiger charge is 2.46. The molecular formula is C4H8B2F3N3O4S. The number of rotatable bonds is 2. The van der Waals surface area contributed by atoms with Gasteiger partial charge < -0.3 is 15.6 Å². The number of amides is 1. The Bertz CT molecular complexity index is 420. The van der Waals surface area contributed by atoms with Crippen LogP contribution in [-0.4, -0.2) is 45.6 Å². The summed E-state index contributed by atoms with van der Waals surface area (Å²) in [4.78, 5) is 10.6. The van der Waals surface area contributed by atoms with Crippen LogP contribution in [0.3, 0.4) is 0 Å². The molecule has 0 radical (unpaired) electrons. The van der Waals surface area contributed by atoms with Gasteiger partial charge in [0.05, 0.1) is 0 Å². The maximum absolute atomic E-state index is 12.0. The molecule has 96 valence electrons. The fourth-order valence-electron chi connectivity index (χ4n) is 0.622. The number of nitrogens with one attached hydrogen (secondary N) is 2. The molecule has 0 fully saturated rings. The van der Waals surface area contributed by atoms with E-state index in [2.05, 4.69) is 4.40 Å². The number of sulfonamides is 1. The Morgan fingerprint density at radius 2 is 1.94 bits per heavy atom. The van der Waals surface area contributed by atoms with Gasteiger partial charge in [-0.25, -0.2) is 0 Å². The fraction of sp³-hybridized carbons (Fsp3) is 0.500. The van der Waals surface area contributed by atoms with E-state index >= 15 is 0 Å². The molecule has 0 aliphatic carbocycles. The van der Waals surface area contributed by atoms with E-state index in [1.54, 1.807) is 5.32 Å². The van der Waals surface area contributed by atoms with Gasteiger partial charge in [0.1, 0.15) is 0 Å². The molecule has 0 saturated carbocycles. The number of carbonyl (C=O) groups excluding carboxylic acids is 1. The molecule has 0 spiro atoms. The van der Waals surface area contributed by atoms with Crippen LogP contribution in [0.4, 0.5) is 18.0 Å². The SMILES string of the molecule is BC(=O)NC(=NS(=O)(=O)C(F)(F)F)NB(C)O. The summed E-state index contributed by atoms with van der Waals surface area (Å²) in [6, 6.07) is 0. The third kappa shape index (κ3) is 5.58. The maximum atomic E-state index is 12.0. The van der Waals surface area contributed by atoms with E-state index in [0.29, 0.717) is 0 Å². The van der Waals surface area contributed by atoms with Crippen molar-refractivity contribution in [2.24, 2.45) is 4.40 Å². The summed E-state index contributed by atoms with van der Waals surface area (Å²) >= 11 is 0. The largest absolute Gasteiger partial charge is 0.518 e. The quantitative estimate of drug-likeness (QED) is 0.313. The van der Waals surface area contributed by atoms with Crippen LogP contribution in [-0.2, 0) is 10.0 Å². The van der Waals surface area contributed by atoms with Crippen LogP contribution in [0, 0.1) is 0 Å². The lowest BCUT2D eigenvalue weighted by molar-refractivity contribution is -0.0435. The van der Waals surface area contributed by atoms with Gasteiger partial charge in [-0.05, 0) is 6.82 Å². The molecule has 3 N–H and O–H groups in total. The lowest BCUT2D eigenvalue weighted by Gasteiger charge is -2.11. The monoisotopic (exact) mass is 273 g/mol. The lowest BCUT2D eigenvalue weighted by Crippen LogP contribution is -2.47.